The number of nitrogens with two attached hydrogens (primary N) is 1. The number of thiocarbonyl (C=S) groups is 1. The highest BCUT2D eigenvalue weighted by Gasteiger charge is 2.04. The molecule has 0 heterocycles. The molecule has 0 fully saturated rings. The van der Waals surface area contributed by atoms with Crippen LogP contribution in [-0.4, -0.2) is 30.4 Å². The molecule has 0 saturated heterocycles. The summed E-state index contributed by atoms with van der Waals surface area (Å²) in [7, 11) is 1.55. The molecule has 1 aromatic rings. The maximum absolute atomic E-state index is 8.63. The Kier molecular flexibility index (Phi) is 4.33. The highest BCUT2D eigenvalue weighted by molar-refractivity contribution is 7.80. The third-order valence-electron chi connectivity index (χ3n) is 1.76. The Balaban J connectivity index is 2.95. The summed E-state index contributed by atoms with van der Waals surface area (Å²) in [4.78, 5) is 0.280. The van der Waals surface area contributed by atoms with Gasteiger partial charge in [-0.2, -0.15) is 0 Å². The summed E-state index contributed by atoms with van der Waals surface area (Å²) < 4.78 is 10.3. The number of hydrogen-bond donors (Lipinski definition) is 2. The smallest absolute Gasteiger partial charge is 0.123 e. The number of aliphatic hydroxyl groups is 1. The molecule has 5 heteroatoms. The maximum atomic E-state index is 8.63. The van der Waals surface area contributed by atoms with Gasteiger partial charge >= 0.3 is 0 Å². The van der Waals surface area contributed by atoms with Crippen LogP contribution in [0.5, 0.6) is 11.5 Å². The Labute approximate surface area is 93.6 Å². The van der Waals surface area contributed by atoms with Gasteiger partial charge in [-0.15, -0.1) is 0 Å². The van der Waals surface area contributed by atoms with Gasteiger partial charge in [0.25, 0.3) is 0 Å². The van der Waals surface area contributed by atoms with E-state index in [1.807, 2.05) is 0 Å². The first-order valence-electron chi connectivity index (χ1n) is 4.40. The quantitative estimate of drug-likeness (QED) is 0.725. The molecule has 0 aromatic heterocycles. The number of rotatable bonds is 5. The van der Waals surface area contributed by atoms with E-state index in [1.165, 1.54) is 0 Å². The summed E-state index contributed by atoms with van der Waals surface area (Å²) in [5.74, 6) is 1.19. The summed E-state index contributed by atoms with van der Waals surface area (Å²) in [6.07, 6.45) is 0. The van der Waals surface area contributed by atoms with Crippen molar-refractivity contribution in [1.82, 2.24) is 0 Å². The highest BCUT2D eigenvalue weighted by Crippen LogP contribution is 2.22. The molecule has 15 heavy (non-hydrogen) atoms. The van der Waals surface area contributed by atoms with Crippen molar-refractivity contribution >= 4 is 17.2 Å². The van der Waals surface area contributed by atoms with Gasteiger partial charge in [-0.05, 0) is 12.1 Å². The lowest BCUT2D eigenvalue weighted by Gasteiger charge is -2.09. The fourth-order valence-electron chi connectivity index (χ4n) is 1.08. The summed E-state index contributed by atoms with van der Waals surface area (Å²) in [5, 5.41) is 8.63. The molecule has 0 aliphatic carbocycles. The lowest BCUT2D eigenvalue weighted by Crippen LogP contribution is -2.10. The molecular formula is C10H13NO3S. The van der Waals surface area contributed by atoms with Crippen LogP contribution < -0.4 is 15.2 Å². The van der Waals surface area contributed by atoms with Crippen LogP contribution in [0.4, 0.5) is 0 Å². The van der Waals surface area contributed by atoms with Crippen LogP contribution in [0.25, 0.3) is 0 Å². The zero-order valence-corrected chi connectivity index (χ0v) is 9.21. The van der Waals surface area contributed by atoms with E-state index in [-0.39, 0.29) is 18.2 Å². The summed E-state index contributed by atoms with van der Waals surface area (Å²) in [6.45, 7) is 0.184. The largest absolute Gasteiger partial charge is 0.497 e. The van der Waals surface area contributed by atoms with Crippen LogP contribution in [0.15, 0.2) is 18.2 Å². The minimum Gasteiger partial charge on any atom is -0.497 e. The van der Waals surface area contributed by atoms with E-state index in [4.69, 9.17) is 32.5 Å². The maximum Gasteiger partial charge on any atom is 0.123 e. The van der Waals surface area contributed by atoms with Gasteiger partial charge < -0.3 is 20.3 Å². The molecule has 82 valence electrons. The average molecular weight is 227 g/mol. The second kappa shape index (κ2) is 5.53. The fourth-order valence-corrected chi connectivity index (χ4v) is 1.20. The number of aliphatic hydroxyl groups excluding tert-OH is 1. The van der Waals surface area contributed by atoms with Gasteiger partial charge in [-0.25, -0.2) is 0 Å². The standard InChI is InChI=1S/C10H13NO3S/c1-13-8-4-7(10(11)15)5-9(6-8)14-3-2-12/h4-6,12H,2-3H2,1H3,(H2,11,15). The zero-order chi connectivity index (χ0) is 11.3. The summed E-state index contributed by atoms with van der Waals surface area (Å²) in [6, 6.07) is 5.14. The molecule has 0 saturated carbocycles. The molecule has 3 N–H and O–H groups in total. The average Bonchev–Trinajstić information content (AvgIpc) is 2.25. The predicted molar refractivity (Wildman–Crippen MR) is 61.5 cm³/mol. The predicted octanol–water partition coefficient (Wildman–Crippen LogP) is 0.701. The Morgan fingerprint density at radius 2 is 2.07 bits per heavy atom. The van der Waals surface area contributed by atoms with Gasteiger partial charge in [0, 0.05) is 11.6 Å². The second-order valence-corrected chi connectivity index (χ2v) is 3.27. The van der Waals surface area contributed by atoms with E-state index in [0.717, 1.165) is 0 Å². The minimum absolute atomic E-state index is 0.0420. The Bertz CT molecular complexity index is 355. The second-order valence-electron chi connectivity index (χ2n) is 2.83. The van der Waals surface area contributed by atoms with Crippen molar-refractivity contribution < 1.29 is 14.6 Å². The van der Waals surface area contributed by atoms with Gasteiger partial charge in [-0.1, -0.05) is 12.2 Å². The van der Waals surface area contributed by atoms with E-state index >= 15 is 0 Å². The van der Waals surface area contributed by atoms with Crippen molar-refractivity contribution in [3.8, 4) is 11.5 Å². The molecule has 1 aromatic carbocycles. The normalized spacial score (nSPS) is 9.73. The van der Waals surface area contributed by atoms with Crippen molar-refractivity contribution in [3.05, 3.63) is 23.8 Å². The third kappa shape index (κ3) is 3.38. The topological polar surface area (TPSA) is 64.7 Å². The minimum atomic E-state index is -0.0420. The number of hydrogen-bond acceptors (Lipinski definition) is 4. The molecule has 0 aliphatic heterocycles. The van der Waals surface area contributed by atoms with Gasteiger partial charge in [0.2, 0.25) is 0 Å². The van der Waals surface area contributed by atoms with Gasteiger partial charge in [0.05, 0.1) is 13.7 Å². The molecule has 1 rings (SSSR count). The van der Waals surface area contributed by atoms with Gasteiger partial charge in [-0.3, -0.25) is 0 Å². The first-order valence-corrected chi connectivity index (χ1v) is 4.80. The SMILES string of the molecule is COc1cc(OCCO)cc(C(N)=S)c1. The van der Waals surface area contributed by atoms with Gasteiger partial charge in [0.1, 0.15) is 23.1 Å². The van der Waals surface area contributed by atoms with Crippen molar-refractivity contribution in [1.29, 1.82) is 0 Å². The summed E-state index contributed by atoms with van der Waals surface area (Å²) in [5.41, 5.74) is 6.18. The first-order chi connectivity index (χ1) is 7.17. The number of methoxy groups -OCH3 is 1. The van der Waals surface area contributed by atoms with Crippen LogP contribution in [0, 0.1) is 0 Å². The highest BCUT2D eigenvalue weighted by atomic mass is 32.1. The number of ether oxygens (including phenoxy) is 2. The van der Waals surface area contributed by atoms with Crippen LogP contribution in [-0.2, 0) is 0 Å². The molecule has 0 atom stereocenters. The molecular weight excluding hydrogens is 214 g/mol. The molecule has 0 unspecified atom stereocenters. The lowest BCUT2D eigenvalue weighted by molar-refractivity contribution is 0.201. The molecule has 0 spiro atoms. The van der Waals surface area contributed by atoms with Gasteiger partial charge in [0.15, 0.2) is 0 Å². The number of benzene rings is 1. The van der Waals surface area contributed by atoms with Crippen molar-refractivity contribution in [2.45, 2.75) is 0 Å². The van der Waals surface area contributed by atoms with Crippen molar-refractivity contribution in [2.75, 3.05) is 20.3 Å². The first kappa shape index (κ1) is 11.7. The van der Waals surface area contributed by atoms with E-state index in [0.29, 0.717) is 17.1 Å². The molecule has 0 amide bonds. The van der Waals surface area contributed by atoms with E-state index < -0.39 is 0 Å². The zero-order valence-electron chi connectivity index (χ0n) is 8.40. The van der Waals surface area contributed by atoms with Crippen LogP contribution >= 0.6 is 12.2 Å². The lowest BCUT2D eigenvalue weighted by atomic mass is 10.2. The van der Waals surface area contributed by atoms with Crippen molar-refractivity contribution in [3.63, 3.8) is 0 Å². The third-order valence-corrected chi connectivity index (χ3v) is 2.00. The molecule has 0 bridgehead atoms. The molecule has 0 aliphatic rings. The van der Waals surface area contributed by atoms with E-state index in [2.05, 4.69) is 0 Å². The molecule has 0 radical (unpaired) electrons. The Hall–Kier alpha value is -1.33. The van der Waals surface area contributed by atoms with Crippen LogP contribution in [0.3, 0.4) is 0 Å². The summed E-state index contributed by atoms with van der Waals surface area (Å²) >= 11 is 4.86. The van der Waals surface area contributed by atoms with Crippen LogP contribution in [0.1, 0.15) is 5.56 Å². The van der Waals surface area contributed by atoms with E-state index in [9.17, 15) is 0 Å². The fraction of sp³-hybridized carbons (Fsp3) is 0.300. The van der Waals surface area contributed by atoms with E-state index in [1.54, 1.807) is 25.3 Å². The molecule has 4 nitrogen and oxygen atoms in total. The monoisotopic (exact) mass is 227 g/mol. The Morgan fingerprint density at radius 3 is 2.60 bits per heavy atom. The van der Waals surface area contributed by atoms with Crippen molar-refractivity contribution in [2.24, 2.45) is 5.73 Å². The Morgan fingerprint density at radius 1 is 1.40 bits per heavy atom. The van der Waals surface area contributed by atoms with Crippen LogP contribution in [0.2, 0.25) is 0 Å².